The first-order chi connectivity index (χ1) is 14.8. The molecule has 0 bridgehead atoms. The number of hydrogen-bond donors (Lipinski definition) is 4. The van der Waals surface area contributed by atoms with Gasteiger partial charge >= 0.3 is 0 Å². The van der Waals surface area contributed by atoms with Crippen molar-refractivity contribution >= 4 is 33.9 Å². The fourth-order valence-corrected chi connectivity index (χ4v) is 4.17. The predicted octanol–water partition coefficient (Wildman–Crippen LogP) is 4.53. The first kappa shape index (κ1) is 27.9. The lowest BCUT2D eigenvalue weighted by atomic mass is 9.97. The van der Waals surface area contributed by atoms with Gasteiger partial charge in [0.25, 0.3) is 22.5 Å². The Morgan fingerprint density at radius 1 is 0.531 bits per heavy atom. The Balaban J connectivity index is 0.000000320. The summed E-state index contributed by atoms with van der Waals surface area (Å²) >= 11 is -3.18. The predicted molar refractivity (Wildman–Crippen MR) is 132 cm³/mol. The third-order valence-electron chi connectivity index (χ3n) is 5.91. The Morgan fingerprint density at radius 2 is 0.844 bits per heavy atom. The van der Waals surface area contributed by atoms with Gasteiger partial charge < -0.3 is 10.2 Å². The second-order valence-corrected chi connectivity index (χ2v) is 9.47. The molecule has 2 unspecified atom stereocenters. The van der Waals surface area contributed by atoms with E-state index in [1.54, 1.807) is 0 Å². The molecule has 0 saturated heterocycles. The third kappa shape index (κ3) is 6.00. The number of hydrogen-bond acceptors (Lipinski definition) is 6. The van der Waals surface area contributed by atoms with Crippen molar-refractivity contribution in [2.45, 2.75) is 55.4 Å². The largest absolute Gasteiger partial charge is 0.507 e. The van der Waals surface area contributed by atoms with E-state index in [-0.39, 0.29) is 5.75 Å². The van der Waals surface area contributed by atoms with Crippen molar-refractivity contribution in [2.75, 3.05) is 23.7 Å². The zero-order valence-electron chi connectivity index (χ0n) is 20.3. The zero-order valence-corrected chi connectivity index (χ0v) is 22.0. The van der Waals surface area contributed by atoms with E-state index in [0.29, 0.717) is 11.4 Å². The molecule has 2 aromatic rings. The van der Waals surface area contributed by atoms with Crippen molar-refractivity contribution in [3.05, 3.63) is 44.5 Å². The molecule has 0 aliphatic heterocycles. The standard InChI is InChI=1S/2C11H17NO3S/c1-6-8(3)11(13)9(4)7(2)10(6)12-16(14)15-5;1-6-7(2)9(4)11(13)10(8(6)3)12-16(14)15-5/h2*12-13H,1-5H3. The fourth-order valence-electron chi connectivity index (χ4n) is 3.11. The number of anilines is 2. The molecule has 2 atom stereocenters. The molecule has 8 nitrogen and oxygen atoms in total. The van der Waals surface area contributed by atoms with Gasteiger partial charge in [0.05, 0.1) is 25.6 Å². The minimum Gasteiger partial charge on any atom is -0.507 e. The lowest BCUT2D eigenvalue weighted by Gasteiger charge is -2.17. The maximum absolute atomic E-state index is 11.3. The summed E-state index contributed by atoms with van der Waals surface area (Å²) in [7, 11) is 2.71. The highest BCUT2D eigenvalue weighted by molar-refractivity contribution is 7.81. The Labute approximate surface area is 195 Å². The van der Waals surface area contributed by atoms with Crippen LogP contribution in [0.3, 0.4) is 0 Å². The molecule has 0 fully saturated rings. The minimum atomic E-state index is -1.63. The number of rotatable bonds is 6. The van der Waals surface area contributed by atoms with Gasteiger partial charge in [-0.3, -0.25) is 17.8 Å². The Kier molecular flexibility index (Phi) is 10.2. The van der Waals surface area contributed by atoms with Crippen LogP contribution in [0.5, 0.6) is 11.5 Å². The van der Waals surface area contributed by atoms with Crippen LogP contribution >= 0.6 is 0 Å². The molecule has 180 valence electrons. The van der Waals surface area contributed by atoms with E-state index in [2.05, 4.69) is 17.8 Å². The molecule has 0 aliphatic carbocycles. The van der Waals surface area contributed by atoms with Crippen LogP contribution in [0.1, 0.15) is 44.5 Å². The number of benzene rings is 2. The molecule has 2 aromatic carbocycles. The molecule has 0 spiro atoms. The summed E-state index contributed by atoms with van der Waals surface area (Å²) in [5, 5.41) is 19.8. The second kappa shape index (κ2) is 11.6. The number of phenolic OH excluding ortho intramolecular Hbond substituents is 2. The molecule has 0 amide bonds. The maximum atomic E-state index is 11.3. The lowest BCUT2D eigenvalue weighted by molar-refractivity contribution is 0.448. The first-order valence-corrected chi connectivity index (χ1v) is 12.0. The summed E-state index contributed by atoms with van der Waals surface area (Å²) < 4.78 is 37.3. The maximum Gasteiger partial charge on any atom is 0.261 e. The van der Waals surface area contributed by atoms with Gasteiger partial charge in [-0.25, -0.2) is 8.42 Å². The van der Waals surface area contributed by atoms with Crippen LogP contribution in [-0.4, -0.2) is 32.9 Å². The van der Waals surface area contributed by atoms with Crippen LogP contribution < -0.4 is 9.44 Å². The van der Waals surface area contributed by atoms with E-state index in [1.165, 1.54) is 14.2 Å². The SMILES string of the molecule is COS(=O)Nc1c(C)c(C)c(C)c(C)c1O.COS(=O)Nc1c(C)c(C)c(O)c(C)c1C. The van der Waals surface area contributed by atoms with E-state index >= 15 is 0 Å². The van der Waals surface area contributed by atoms with Crippen molar-refractivity contribution in [1.82, 2.24) is 0 Å². The van der Waals surface area contributed by atoms with Gasteiger partial charge in [-0.2, -0.15) is 0 Å². The molecule has 0 saturated carbocycles. The van der Waals surface area contributed by atoms with Gasteiger partial charge in [-0.1, -0.05) is 0 Å². The van der Waals surface area contributed by atoms with Crippen LogP contribution in [-0.2, 0) is 30.9 Å². The van der Waals surface area contributed by atoms with E-state index in [9.17, 15) is 18.6 Å². The molecule has 0 heterocycles. The van der Waals surface area contributed by atoms with Gasteiger partial charge in [0.2, 0.25) is 0 Å². The quantitative estimate of drug-likeness (QED) is 0.352. The number of phenols is 2. The summed E-state index contributed by atoms with van der Waals surface area (Å²) in [4.78, 5) is 0. The monoisotopic (exact) mass is 486 g/mol. The average molecular weight is 487 g/mol. The number of aromatic hydroxyl groups is 2. The van der Waals surface area contributed by atoms with Crippen LogP contribution in [0.15, 0.2) is 0 Å². The topological polar surface area (TPSA) is 117 Å². The molecular formula is C22H34N2O6S2. The first-order valence-electron chi connectivity index (χ1n) is 9.84. The number of nitrogens with one attached hydrogen (secondary N) is 2. The average Bonchev–Trinajstić information content (AvgIpc) is 2.79. The third-order valence-corrected chi connectivity index (χ3v) is 7.26. The van der Waals surface area contributed by atoms with E-state index in [4.69, 9.17) is 0 Å². The normalized spacial score (nSPS) is 12.6. The molecule has 0 radical (unpaired) electrons. The van der Waals surface area contributed by atoms with Crippen LogP contribution in [0.25, 0.3) is 0 Å². The summed E-state index contributed by atoms with van der Waals surface area (Å²) in [6, 6.07) is 0. The molecule has 0 aliphatic rings. The molecule has 2 rings (SSSR count). The fraction of sp³-hybridized carbons (Fsp3) is 0.455. The highest BCUT2D eigenvalue weighted by atomic mass is 32.2. The second-order valence-electron chi connectivity index (χ2n) is 7.45. The smallest absolute Gasteiger partial charge is 0.261 e. The molecule has 0 aromatic heterocycles. The molecule has 4 N–H and O–H groups in total. The molecule has 10 heteroatoms. The Morgan fingerprint density at radius 3 is 1.25 bits per heavy atom. The highest BCUT2D eigenvalue weighted by Gasteiger charge is 2.16. The van der Waals surface area contributed by atoms with Crippen LogP contribution in [0.2, 0.25) is 0 Å². The van der Waals surface area contributed by atoms with Gasteiger partial charge in [-0.15, -0.1) is 0 Å². The van der Waals surface area contributed by atoms with Crippen molar-refractivity contribution in [3.8, 4) is 11.5 Å². The summed E-state index contributed by atoms with van der Waals surface area (Å²) in [5.74, 6) is 0.426. The van der Waals surface area contributed by atoms with Crippen molar-refractivity contribution in [2.24, 2.45) is 0 Å². The van der Waals surface area contributed by atoms with Gasteiger partial charge in [0.15, 0.2) is 0 Å². The summed E-state index contributed by atoms with van der Waals surface area (Å²) in [5.41, 5.74) is 8.36. The van der Waals surface area contributed by atoms with Crippen LogP contribution in [0.4, 0.5) is 11.4 Å². The Hall–Kier alpha value is -2.14. The summed E-state index contributed by atoms with van der Waals surface area (Å²) in [6.45, 7) is 15.0. The van der Waals surface area contributed by atoms with Crippen molar-refractivity contribution in [3.63, 3.8) is 0 Å². The van der Waals surface area contributed by atoms with Crippen molar-refractivity contribution < 1.29 is 27.0 Å². The van der Waals surface area contributed by atoms with E-state index in [0.717, 1.165) is 50.2 Å². The van der Waals surface area contributed by atoms with Crippen LogP contribution in [0, 0.1) is 55.4 Å². The Bertz CT molecular complexity index is 912. The van der Waals surface area contributed by atoms with Crippen molar-refractivity contribution in [1.29, 1.82) is 0 Å². The van der Waals surface area contributed by atoms with E-state index in [1.807, 2.05) is 55.4 Å². The van der Waals surface area contributed by atoms with E-state index < -0.39 is 22.5 Å². The minimum absolute atomic E-state index is 0.131. The van der Waals surface area contributed by atoms with Gasteiger partial charge in [0, 0.05) is 0 Å². The zero-order chi connectivity index (χ0) is 24.9. The summed E-state index contributed by atoms with van der Waals surface area (Å²) in [6.07, 6.45) is 0. The molecule has 32 heavy (non-hydrogen) atoms. The lowest BCUT2D eigenvalue weighted by Crippen LogP contribution is -2.09. The molecular weight excluding hydrogens is 452 g/mol. The highest BCUT2D eigenvalue weighted by Crippen LogP contribution is 2.36. The van der Waals surface area contributed by atoms with Gasteiger partial charge in [0.1, 0.15) is 11.5 Å². The van der Waals surface area contributed by atoms with Gasteiger partial charge in [-0.05, 0) is 99.9 Å².